The lowest BCUT2D eigenvalue weighted by molar-refractivity contribution is -0.120. The molecule has 0 saturated carbocycles. The van der Waals surface area contributed by atoms with Crippen molar-refractivity contribution in [1.82, 2.24) is 15.3 Å². The number of aromatic carboxylic acids is 1. The summed E-state index contributed by atoms with van der Waals surface area (Å²) < 4.78 is 0. The summed E-state index contributed by atoms with van der Waals surface area (Å²) in [7, 11) is 0. The number of thioether (sulfide) groups is 1. The van der Waals surface area contributed by atoms with Crippen molar-refractivity contribution >= 4 is 23.6 Å². The van der Waals surface area contributed by atoms with Crippen molar-refractivity contribution in [2.24, 2.45) is 0 Å². The van der Waals surface area contributed by atoms with Crippen LogP contribution in [0.1, 0.15) is 36.3 Å². The van der Waals surface area contributed by atoms with Gasteiger partial charge >= 0.3 is 11.7 Å². The summed E-state index contributed by atoms with van der Waals surface area (Å²) in [5, 5.41) is 11.4. The molecule has 1 amide bonds. The quantitative estimate of drug-likeness (QED) is 0.528. The highest BCUT2D eigenvalue weighted by Crippen LogP contribution is 2.25. The Morgan fingerprint density at radius 3 is 2.70 bits per heavy atom. The first-order chi connectivity index (χ1) is 9.36. The first-order valence-electron chi connectivity index (χ1n) is 6.15. The van der Waals surface area contributed by atoms with Gasteiger partial charge in [0.2, 0.25) is 5.91 Å². The number of H-pyrrole nitrogens is 1. The van der Waals surface area contributed by atoms with Gasteiger partial charge in [0.25, 0.3) is 0 Å². The lowest BCUT2D eigenvalue weighted by Crippen LogP contribution is -2.32. The summed E-state index contributed by atoms with van der Waals surface area (Å²) in [5.74, 6) is -1.40. The molecule has 1 aromatic rings. The third-order valence-corrected chi connectivity index (χ3v) is 3.59. The minimum atomic E-state index is -1.19. The molecule has 0 spiro atoms. The molecule has 1 aromatic heterocycles. The number of aromatic amines is 1. The van der Waals surface area contributed by atoms with Gasteiger partial charge in [0.05, 0.1) is 5.25 Å². The molecule has 3 N–H and O–H groups in total. The molecule has 0 aliphatic rings. The lowest BCUT2D eigenvalue weighted by Gasteiger charge is -2.12. The van der Waals surface area contributed by atoms with Gasteiger partial charge in [0.15, 0.2) is 0 Å². The summed E-state index contributed by atoms with van der Waals surface area (Å²) in [6.45, 7) is 5.61. The summed E-state index contributed by atoms with van der Waals surface area (Å²) in [5.41, 5.74) is -0.484. The van der Waals surface area contributed by atoms with Crippen molar-refractivity contribution in [3.8, 4) is 0 Å². The molecule has 110 valence electrons. The predicted octanol–water partition coefficient (Wildman–Crippen LogP) is 0.783. The molecule has 0 aromatic carbocycles. The van der Waals surface area contributed by atoms with Crippen LogP contribution in [0.15, 0.2) is 9.82 Å². The molecule has 0 aliphatic heterocycles. The molecule has 7 nitrogen and oxygen atoms in total. The zero-order valence-corrected chi connectivity index (χ0v) is 12.3. The zero-order chi connectivity index (χ0) is 15.3. The summed E-state index contributed by atoms with van der Waals surface area (Å²) in [6, 6.07) is 0. The van der Waals surface area contributed by atoms with Gasteiger partial charge in [-0.05, 0) is 20.3 Å². The molecule has 20 heavy (non-hydrogen) atoms. The van der Waals surface area contributed by atoms with Crippen LogP contribution in [0, 0.1) is 6.92 Å². The minimum absolute atomic E-state index is 0.0536. The second-order valence-corrected chi connectivity index (χ2v) is 5.53. The zero-order valence-electron chi connectivity index (χ0n) is 11.5. The Kier molecular flexibility index (Phi) is 5.75. The number of nitrogens with one attached hydrogen (secondary N) is 2. The van der Waals surface area contributed by atoms with Crippen LogP contribution in [0.4, 0.5) is 0 Å². The number of rotatable bonds is 6. The molecule has 8 heteroatoms. The van der Waals surface area contributed by atoms with Gasteiger partial charge in [-0.2, -0.15) is 4.98 Å². The lowest BCUT2D eigenvalue weighted by atomic mass is 10.2. The molecule has 0 bridgehead atoms. The number of carbonyl (C=O) groups excluding carboxylic acids is 1. The number of hydrogen-bond donors (Lipinski definition) is 3. The normalized spacial score (nSPS) is 11.9. The highest BCUT2D eigenvalue weighted by Gasteiger charge is 2.22. The van der Waals surface area contributed by atoms with E-state index in [9.17, 15) is 14.4 Å². The van der Waals surface area contributed by atoms with Crippen molar-refractivity contribution in [2.45, 2.75) is 37.5 Å². The van der Waals surface area contributed by atoms with Gasteiger partial charge in [-0.25, -0.2) is 9.59 Å². The fraction of sp³-hybridized carbons (Fsp3) is 0.500. The van der Waals surface area contributed by atoms with E-state index in [0.717, 1.165) is 18.2 Å². The number of aryl methyl sites for hydroxylation is 1. The van der Waals surface area contributed by atoms with E-state index < -0.39 is 16.9 Å². The van der Waals surface area contributed by atoms with Crippen molar-refractivity contribution < 1.29 is 14.7 Å². The molecular formula is C12H17N3O4S. The highest BCUT2D eigenvalue weighted by molar-refractivity contribution is 8.00. The molecular weight excluding hydrogens is 282 g/mol. The maximum Gasteiger partial charge on any atom is 0.346 e. The smallest absolute Gasteiger partial charge is 0.346 e. The van der Waals surface area contributed by atoms with Crippen molar-refractivity contribution in [1.29, 1.82) is 0 Å². The van der Waals surface area contributed by atoms with Crippen LogP contribution in [-0.4, -0.2) is 38.7 Å². The first kappa shape index (κ1) is 16.2. The van der Waals surface area contributed by atoms with Crippen LogP contribution in [0.3, 0.4) is 0 Å². The average molecular weight is 299 g/mol. The number of carboxylic acids is 1. The monoisotopic (exact) mass is 299 g/mol. The molecule has 1 heterocycles. The third-order valence-electron chi connectivity index (χ3n) is 2.51. The van der Waals surface area contributed by atoms with Crippen LogP contribution in [-0.2, 0) is 4.79 Å². The molecule has 0 fully saturated rings. The van der Waals surface area contributed by atoms with E-state index in [1.54, 1.807) is 6.92 Å². The number of hydrogen-bond acceptors (Lipinski definition) is 5. The number of carboxylic acid groups (broad SMARTS) is 1. The van der Waals surface area contributed by atoms with Gasteiger partial charge in [-0.15, -0.1) is 0 Å². The Labute approximate surface area is 120 Å². The van der Waals surface area contributed by atoms with Crippen LogP contribution < -0.4 is 11.0 Å². The van der Waals surface area contributed by atoms with Crippen molar-refractivity contribution in [3.05, 3.63) is 21.7 Å². The van der Waals surface area contributed by atoms with Crippen LogP contribution in [0.5, 0.6) is 0 Å². The number of carbonyl (C=O) groups is 2. The van der Waals surface area contributed by atoms with E-state index in [0.29, 0.717) is 6.54 Å². The van der Waals surface area contributed by atoms with Crippen molar-refractivity contribution in [2.75, 3.05) is 6.54 Å². The van der Waals surface area contributed by atoms with Crippen LogP contribution in [0.2, 0.25) is 0 Å². The molecule has 1 rings (SSSR count). The Morgan fingerprint density at radius 2 is 2.15 bits per heavy atom. The fourth-order valence-corrected chi connectivity index (χ4v) is 2.53. The minimum Gasteiger partial charge on any atom is -0.478 e. The van der Waals surface area contributed by atoms with E-state index in [4.69, 9.17) is 5.11 Å². The Bertz CT molecular complexity index is 570. The number of amides is 1. The third kappa shape index (κ3) is 4.09. The maximum absolute atomic E-state index is 11.8. The first-order valence-corrected chi connectivity index (χ1v) is 7.03. The van der Waals surface area contributed by atoms with Crippen LogP contribution >= 0.6 is 11.8 Å². The molecule has 0 aliphatic carbocycles. The van der Waals surface area contributed by atoms with Gasteiger partial charge < -0.3 is 15.4 Å². The van der Waals surface area contributed by atoms with Gasteiger partial charge in [0, 0.05) is 12.2 Å². The Hall–Kier alpha value is -1.83. The van der Waals surface area contributed by atoms with Gasteiger partial charge in [-0.3, -0.25) is 4.79 Å². The SMILES string of the molecule is CCCNC(=O)C(C)Sc1nc(=O)[nH]c(C)c1C(=O)O. The van der Waals surface area contributed by atoms with Gasteiger partial charge in [0.1, 0.15) is 10.6 Å². The average Bonchev–Trinajstić information content (AvgIpc) is 2.34. The molecule has 0 radical (unpaired) electrons. The van der Waals surface area contributed by atoms with Gasteiger partial charge in [-0.1, -0.05) is 18.7 Å². The topological polar surface area (TPSA) is 112 Å². The number of nitrogens with zero attached hydrogens (tertiary/aromatic N) is 1. The standard InChI is InChI=1S/C12H17N3O4S/c1-4-5-13-9(16)7(3)20-10-8(11(17)18)6(2)14-12(19)15-10/h7H,4-5H2,1-3H3,(H,13,16)(H,17,18)(H,14,15,19). The maximum atomic E-state index is 11.8. The Morgan fingerprint density at radius 1 is 1.50 bits per heavy atom. The molecule has 1 atom stereocenters. The van der Waals surface area contributed by atoms with E-state index >= 15 is 0 Å². The van der Waals surface area contributed by atoms with Crippen molar-refractivity contribution in [3.63, 3.8) is 0 Å². The Balaban J connectivity index is 2.99. The fourth-order valence-electron chi connectivity index (χ4n) is 1.51. The summed E-state index contributed by atoms with van der Waals surface area (Å²) in [6.07, 6.45) is 0.811. The number of aromatic nitrogens is 2. The predicted molar refractivity (Wildman–Crippen MR) is 75.2 cm³/mol. The van der Waals surface area contributed by atoms with E-state index in [-0.39, 0.29) is 22.2 Å². The highest BCUT2D eigenvalue weighted by atomic mass is 32.2. The van der Waals surface area contributed by atoms with E-state index in [1.165, 1.54) is 6.92 Å². The van der Waals surface area contributed by atoms with E-state index in [1.807, 2.05) is 6.92 Å². The second-order valence-electron chi connectivity index (χ2n) is 4.20. The molecule has 0 saturated heterocycles. The second kappa shape index (κ2) is 7.09. The summed E-state index contributed by atoms with van der Waals surface area (Å²) >= 11 is 0.961. The van der Waals surface area contributed by atoms with Crippen LogP contribution in [0.25, 0.3) is 0 Å². The van der Waals surface area contributed by atoms with E-state index in [2.05, 4.69) is 15.3 Å². The summed E-state index contributed by atoms with van der Waals surface area (Å²) in [4.78, 5) is 40.3. The largest absolute Gasteiger partial charge is 0.478 e. The molecule has 1 unspecified atom stereocenters.